The minimum atomic E-state index is -0.630. The smallest absolute Gasteiger partial charge is 0.316 e. The number of anilines is 2. The molecule has 7 nitrogen and oxygen atoms in total. The van der Waals surface area contributed by atoms with Crippen LogP contribution in [0.4, 0.5) is 16.2 Å². The lowest BCUT2D eigenvalue weighted by Gasteiger charge is -2.08. The first-order valence-electron chi connectivity index (χ1n) is 8.91. The minimum Gasteiger partial charge on any atom is -0.351 e. The molecule has 0 aromatic heterocycles. The second-order valence-electron chi connectivity index (χ2n) is 6.27. The summed E-state index contributed by atoms with van der Waals surface area (Å²) in [6.07, 6.45) is 0. The summed E-state index contributed by atoms with van der Waals surface area (Å²) in [6.45, 7) is 0.335. The average molecular weight is 388 g/mol. The van der Waals surface area contributed by atoms with Gasteiger partial charge in [-0.2, -0.15) is 0 Å². The third kappa shape index (κ3) is 5.67. The Labute approximate surface area is 167 Å². The van der Waals surface area contributed by atoms with Crippen molar-refractivity contribution >= 4 is 29.2 Å². The van der Waals surface area contributed by atoms with Crippen molar-refractivity contribution in [1.29, 1.82) is 0 Å². The summed E-state index contributed by atoms with van der Waals surface area (Å²) in [5.74, 6) is -0.442. The fourth-order valence-corrected chi connectivity index (χ4v) is 2.63. The zero-order valence-corrected chi connectivity index (χ0v) is 15.5. The normalized spacial score (nSPS) is 10.1. The fraction of sp³-hybridized carbons (Fsp3) is 0.0455. The molecule has 0 aliphatic rings. The lowest BCUT2D eigenvalue weighted by molar-refractivity contribution is 0.0950. The quantitative estimate of drug-likeness (QED) is 0.519. The van der Waals surface area contributed by atoms with E-state index in [-0.39, 0.29) is 11.8 Å². The molecule has 146 valence electrons. The Morgan fingerprint density at radius 1 is 0.655 bits per heavy atom. The van der Waals surface area contributed by atoms with E-state index < -0.39 is 6.03 Å². The maximum absolute atomic E-state index is 12.3. The van der Waals surface area contributed by atoms with Gasteiger partial charge in [-0.25, -0.2) is 4.79 Å². The van der Waals surface area contributed by atoms with Crippen LogP contribution in [0.1, 0.15) is 26.3 Å². The van der Waals surface area contributed by atoms with E-state index in [0.29, 0.717) is 29.0 Å². The summed E-state index contributed by atoms with van der Waals surface area (Å²) < 4.78 is 0. The van der Waals surface area contributed by atoms with E-state index in [9.17, 15) is 14.4 Å². The van der Waals surface area contributed by atoms with Crippen molar-refractivity contribution in [2.24, 2.45) is 5.73 Å². The second-order valence-corrected chi connectivity index (χ2v) is 6.27. The highest BCUT2D eigenvalue weighted by Crippen LogP contribution is 2.13. The molecule has 0 saturated heterocycles. The predicted molar refractivity (Wildman–Crippen MR) is 112 cm³/mol. The van der Waals surface area contributed by atoms with Gasteiger partial charge >= 0.3 is 6.03 Å². The third-order valence-electron chi connectivity index (χ3n) is 4.12. The highest BCUT2D eigenvalue weighted by molar-refractivity contribution is 6.04. The van der Waals surface area contributed by atoms with E-state index in [0.717, 1.165) is 5.56 Å². The van der Waals surface area contributed by atoms with Crippen molar-refractivity contribution in [2.75, 3.05) is 10.6 Å². The van der Waals surface area contributed by atoms with Gasteiger partial charge in [0.15, 0.2) is 0 Å². The molecular formula is C22H20N4O3. The molecule has 0 spiro atoms. The first-order chi connectivity index (χ1) is 14.0. The molecule has 3 rings (SSSR count). The molecule has 3 aromatic carbocycles. The molecule has 0 saturated carbocycles. The van der Waals surface area contributed by atoms with Gasteiger partial charge in [0, 0.05) is 29.0 Å². The van der Waals surface area contributed by atoms with Crippen molar-refractivity contribution in [3.05, 3.63) is 95.6 Å². The third-order valence-corrected chi connectivity index (χ3v) is 4.12. The van der Waals surface area contributed by atoms with Crippen LogP contribution in [-0.4, -0.2) is 17.8 Å². The number of hydrogen-bond donors (Lipinski definition) is 4. The Bertz CT molecular complexity index is 1000. The van der Waals surface area contributed by atoms with Gasteiger partial charge in [0.25, 0.3) is 11.8 Å². The van der Waals surface area contributed by atoms with Gasteiger partial charge in [-0.15, -0.1) is 0 Å². The number of nitrogens with two attached hydrogens (primary N) is 1. The van der Waals surface area contributed by atoms with Gasteiger partial charge in [-0.3, -0.25) is 9.59 Å². The maximum Gasteiger partial charge on any atom is 0.316 e. The molecule has 0 aliphatic carbocycles. The minimum absolute atomic E-state index is 0.211. The van der Waals surface area contributed by atoms with Crippen LogP contribution in [0.3, 0.4) is 0 Å². The molecule has 4 amide bonds. The Morgan fingerprint density at radius 3 is 1.83 bits per heavy atom. The molecule has 7 heteroatoms. The average Bonchev–Trinajstić information content (AvgIpc) is 2.74. The molecule has 0 unspecified atom stereocenters. The molecule has 0 fully saturated rings. The largest absolute Gasteiger partial charge is 0.351 e. The van der Waals surface area contributed by atoms with Gasteiger partial charge in [0.1, 0.15) is 0 Å². The molecule has 5 N–H and O–H groups in total. The first kappa shape index (κ1) is 19.6. The van der Waals surface area contributed by atoms with Crippen LogP contribution in [-0.2, 0) is 6.54 Å². The summed E-state index contributed by atoms with van der Waals surface area (Å²) in [4.78, 5) is 35.3. The summed E-state index contributed by atoms with van der Waals surface area (Å²) in [5, 5.41) is 8.09. The monoisotopic (exact) mass is 388 g/mol. The van der Waals surface area contributed by atoms with E-state index in [1.54, 1.807) is 72.8 Å². The van der Waals surface area contributed by atoms with Crippen molar-refractivity contribution in [3.8, 4) is 0 Å². The molecule has 29 heavy (non-hydrogen) atoms. The maximum atomic E-state index is 12.3. The zero-order chi connectivity index (χ0) is 20.6. The van der Waals surface area contributed by atoms with Crippen molar-refractivity contribution in [3.63, 3.8) is 0 Å². The van der Waals surface area contributed by atoms with Gasteiger partial charge in [0.05, 0.1) is 0 Å². The molecule has 0 radical (unpaired) electrons. The lowest BCUT2D eigenvalue weighted by Crippen LogP contribution is -2.23. The van der Waals surface area contributed by atoms with Crippen LogP contribution in [0.2, 0.25) is 0 Å². The number of rotatable bonds is 6. The van der Waals surface area contributed by atoms with Crippen LogP contribution < -0.4 is 21.7 Å². The van der Waals surface area contributed by atoms with Crippen molar-refractivity contribution in [1.82, 2.24) is 5.32 Å². The Hall–Kier alpha value is -4.13. The molecular weight excluding hydrogens is 368 g/mol. The second kappa shape index (κ2) is 9.18. The van der Waals surface area contributed by atoms with E-state index in [2.05, 4.69) is 16.0 Å². The number of benzene rings is 3. The standard InChI is InChI=1S/C22H20N4O3/c23-22(29)26-19-10-6-15(7-11-19)14-24-20(27)17-8-12-18(13-9-17)25-21(28)16-4-2-1-3-5-16/h1-13H,14H2,(H,24,27)(H,25,28)(H3,23,26,29). The van der Waals surface area contributed by atoms with E-state index in [1.807, 2.05) is 6.07 Å². The number of amides is 4. The van der Waals surface area contributed by atoms with Gasteiger partial charge in [-0.1, -0.05) is 30.3 Å². The first-order valence-corrected chi connectivity index (χ1v) is 8.91. The van der Waals surface area contributed by atoms with E-state index in [1.165, 1.54) is 0 Å². The van der Waals surface area contributed by atoms with Crippen molar-refractivity contribution in [2.45, 2.75) is 6.54 Å². The molecule has 3 aromatic rings. The number of urea groups is 1. The molecule has 0 aliphatic heterocycles. The Morgan fingerprint density at radius 2 is 1.21 bits per heavy atom. The lowest BCUT2D eigenvalue weighted by atomic mass is 10.1. The summed E-state index contributed by atoms with van der Waals surface area (Å²) in [7, 11) is 0. The number of carbonyl (C=O) groups is 3. The highest BCUT2D eigenvalue weighted by atomic mass is 16.2. The Balaban J connectivity index is 1.53. The van der Waals surface area contributed by atoms with Crippen LogP contribution in [0.5, 0.6) is 0 Å². The highest BCUT2D eigenvalue weighted by Gasteiger charge is 2.08. The van der Waals surface area contributed by atoms with Crippen molar-refractivity contribution < 1.29 is 14.4 Å². The van der Waals surface area contributed by atoms with Crippen LogP contribution in [0.15, 0.2) is 78.9 Å². The fourth-order valence-electron chi connectivity index (χ4n) is 2.63. The Kier molecular flexibility index (Phi) is 6.22. The summed E-state index contributed by atoms with van der Waals surface area (Å²) in [5.41, 5.74) is 8.17. The zero-order valence-electron chi connectivity index (χ0n) is 15.5. The topological polar surface area (TPSA) is 113 Å². The number of carbonyl (C=O) groups excluding carboxylic acids is 3. The predicted octanol–water partition coefficient (Wildman–Crippen LogP) is 3.36. The number of primary amides is 1. The molecule has 0 bridgehead atoms. The van der Waals surface area contributed by atoms with E-state index >= 15 is 0 Å². The van der Waals surface area contributed by atoms with Crippen LogP contribution in [0.25, 0.3) is 0 Å². The number of nitrogens with one attached hydrogen (secondary N) is 3. The summed E-state index contributed by atoms with van der Waals surface area (Å²) in [6, 6.07) is 21.9. The summed E-state index contributed by atoms with van der Waals surface area (Å²) >= 11 is 0. The van der Waals surface area contributed by atoms with E-state index in [4.69, 9.17) is 5.73 Å². The van der Waals surface area contributed by atoms with Gasteiger partial charge < -0.3 is 21.7 Å². The van der Waals surface area contributed by atoms with Gasteiger partial charge in [0.2, 0.25) is 0 Å². The van der Waals surface area contributed by atoms with Gasteiger partial charge in [-0.05, 0) is 54.1 Å². The number of hydrogen-bond acceptors (Lipinski definition) is 3. The SMILES string of the molecule is NC(=O)Nc1ccc(CNC(=O)c2ccc(NC(=O)c3ccccc3)cc2)cc1. The molecule has 0 atom stereocenters. The van der Waals surface area contributed by atoms with Crippen LogP contribution in [0, 0.1) is 0 Å². The van der Waals surface area contributed by atoms with Crippen LogP contribution >= 0.6 is 0 Å². The molecule has 0 heterocycles.